The average molecular weight is 343 g/mol. The monoisotopic (exact) mass is 342 g/mol. The molecule has 0 amide bonds. The van der Waals surface area contributed by atoms with Crippen molar-refractivity contribution in [3.8, 4) is 17.6 Å². The van der Waals surface area contributed by atoms with Crippen molar-refractivity contribution in [2.24, 2.45) is 0 Å². The van der Waals surface area contributed by atoms with Crippen molar-refractivity contribution in [1.82, 2.24) is 0 Å². The molecule has 0 unspecified atom stereocenters. The van der Waals surface area contributed by atoms with Gasteiger partial charge < -0.3 is 5.11 Å². The second kappa shape index (κ2) is 6.37. The predicted molar refractivity (Wildman–Crippen MR) is 91.9 cm³/mol. The first-order valence-electron chi connectivity index (χ1n) is 6.91. The van der Waals surface area contributed by atoms with E-state index in [4.69, 9.17) is 0 Å². The highest BCUT2D eigenvalue weighted by atomic mass is 79.9. The molecule has 0 aliphatic rings. The van der Waals surface area contributed by atoms with E-state index in [1.165, 1.54) is 5.56 Å². The molecule has 0 saturated heterocycles. The molecule has 2 aromatic rings. The van der Waals surface area contributed by atoms with Crippen LogP contribution in [0.2, 0.25) is 0 Å². The largest absolute Gasteiger partial charge is 0.506 e. The van der Waals surface area contributed by atoms with E-state index in [9.17, 15) is 5.11 Å². The fourth-order valence-electron chi connectivity index (χ4n) is 1.99. The Balaban J connectivity index is 2.51. The van der Waals surface area contributed by atoms with Gasteiger partial charge in [-0.3, -0.25) is 0 Å². The number of hydrogen-bond donors (Lipinski definition) is 1. The molecule has 2 rings (SSSR count). The van der Waals surface area contributed by atoms with Gasteiger partial charge in [0.2, 0.25) is 0 Å². The molecule has 0 heterocycles. The standard InChI is InChI=1S/C19H19BrO/c1-19(2,3)17-11-15(18(21)16(12-17)13-20)10-9-14-7-5-4-6-8-14/h4-8,11-12,21H,13H2,1-3H3. The molecule has 0 bridgehead atoms. The molecular formula is C19H19BrO. The molecule has 0 aliphatic heterocycles. The van der Waals surface area contributed by atoms with E-state index in [1.807, 2.05) is 42.5 Å². The molecule has 2 aromatic carbocycles. The lowest BCUT2D eigenvalue weighted by molar-refractivity contribution is 0.467. The number of benzene rings is 2. The Morgan fingerprint density at radius 2 is 1.71 bits per heavy atom. The predicted octanol–water partition coefficient (Wildman–Crippen LogP) is 4.98. The molecule has 1 nitrogen and oxygen atoms in total. The minimum atomic E-state index is 0.0216. The van der Waals surface area contributed by atoms with Crippen LogP contribution >= 0.6 is 15.9 Å². The number of hydrogen-bond acceptors (Lipinski definition) is 1. The van der Waals surface area contributed by atoms with Gasteiger partial charge >= 0.3 is 0 Å². The van der Waals surface area contributed by atoms with Crippen LogP contribution in [0.3, 0.4) is 0 Å². The van der Waals surface area contributed by atoms with Crippen molar-refractivity contribution < 1.29 is 5.11 Å². The van der Waals surface area contributed by atoms with Gasteiger partial charge in [0.25, 0.3) is 0 Å². The maximum absolute atomic E-state index is 10.3. The van der Waals surface area contributed by atoms with E-state index < -0.39 is 0 Å². The quantitative estimate of drug-likeness (QED) is 0.572. The summed E-state index contributed by atoms with van der Waals surface area (Å²) in [6, 6.07) is 13.8. The van der Waals surface area contributed by atoms with Gasteiger partial charge in [-0.25, -0.2) is 0 Å². The number of halogens is 1. The van der Waals surface area contributed by atoms with Crippen molar-refractivity contribution in [3.05, 3.63) is 64.7 Å². The summed E-state index contributed by atoms with van der Waals surface area (Å²) in [6.45, 7) is 6.48. The van der Waals surface area contributed by atoms with E-state index in [2.05, 4.69) is 48.5 Å². The third-order valence-electron chi connectivity index (χ3n) is 3.31. The van der Waals surface area contributed by atoms with Crippen LogP contribution in [0, 0.1) is 11.8 Å². The number of rotatable bonds is 1. The van der Waals surface area contributed by atoms with Crippen molar-refractivity contribution in [2.45, 2.75) is 31.5 Å². The molecule has 0 aromatic heterocycles. The van der Waals surface area contributed by atoms with Crippen LogP contribution in [0.15, 0.2) is 42.5 Å². The molecule has 0 aliphatic carbocycles. The summed E-state index contributed by atoms with van der Waals surface area (Å²) >= 11 is 3.43. The minimum Gasteiger partial charge on any atom is -0.506 e. The number of alkyl halides is 1. The minimum absolute atomic E-state index is 0.0216. The molecule has 1 N–H and O–H groups in total. The second-order valence-electron chi connectivity index (χ2n) is 6.03. The average Bonchev–Trinajstić information content (AvgIpc) is 2.46. The Labute approximate surface area is 135 Å². The van der Waals surface area contributed by atoms with Crippen LogP contribution in [0.1, 0.15) is 43.0 Å². The van der Waals surface area contributed by atoms with E-state index in [-0.39, 0.29) is 11.2 Å². The van der Waals surface area contributed by atoms with E-state index in [1.54, 1.807) is 0 Å². The highest BCUT2D eigenvalue weighted by Gasteiger charge is 2.17. The fourth-order valence-corrected chi connectivity index (χ4v) is 2.41. The Morgan fingerprint density at radius 1 is 1.05 bits per heavy atom. The molecule has 0 atom stereocenters. The zero-order valence-electron chi connectivity index (χ0n) is 12.6. The van der Waals surface area contributed by atoms with Gasteiger partial charge in [-0.1, -0.05) is 72.8 Å². The first kappa shape index (κ1) is 15.7. The first-order valence-corrected chi connectivity index (χ1v) is 8.03. The van der Waals surface area contributed by atoms with Crippen LogP contribution < -0.4 is 0 Å². The third kappa shape index (κ3) is 3.89. The normalized spacial score (nSPS) is 10.9. The van der Waals surface area contributed by atoms with Crippen molar-refractivity contribution in [2.75, 3.05) is 0 Å². The summed E-state index contributed by atoms with van der Waals surface area (Å²) in [5, 5.41) is 10.9. The summed E-state index contributed by atoms with van der Waals surface area (Å²) < 4.78 is 0. The zero-order chi connectivity index (χ0) is 15.5. The van der Waals surface area contributed by atoms with E-state index in [0.717, 1.165) is 11.1 Å². The summed E-state index contributed by atoms with van der Waals surface area (Å²) in [5.74, 6) is 6.47. The SMILES string of the molecule is CC(C)(C)c1cc(C#Cc2ccccc2)c(O)c(CBr)c1. The maximum Gasteiger partial charge on any atom is 0.135 e. The lowest BCUT2D eigenvalue weighted by Crippen LogP contribution is -2.11. The Hall–Kier alpha value is -1.72. The topological polar surface area (TPSA) is 20.2 Å². The van der Waals surface area contributed by atoms with Crippen LogP contribution in [-0.4, -0.2) is 5.11 Å². The van der Waals surface area contributed by atoms with Gasteiger partial charge in [0.15, 0.2) is 0 Å². The van der Waals surface area contributed by atoms with Crippen LogP contribution in [-0.2, 0) is 10.7 Å². The molecule has 108 valence electrons. The number of phenolic OH excluding ortho intramolecular Hbond substituents is 1. The summed E-state index contributed by atoms with van der Waals surface area (Å²) in [6.07, 6.45) is 0. The summed E-state index contributed by atoms with van der Waals surface area (Å²) in [5.41, 5.74) is 3.69. The van der Waals surface area contributed by atoms with Gasteiger partial charge in [-0.2, -0.15) is 0 Å². The van der Waals surface area contributed by atoms with Gasteiger partial charge in [0.05, 0.1) is 5.56 Å². The van der Waals surface area contributed by atoms with E-state index >= 15 is 0 Å². The van der Waals surface area contributed by atoms with Gasteiger partial charge in [-0.15, -0.1) is 0 Å². The molecule has 21 heavy (non-hydrogen) atoms. The highest BCUT2D eigenvalue weighted by Crippen LogP contribution is 2.31. The molecule has 2 heteroatoms. The highest BCUT2D eigenvalue weighted by molar-refractivity contribution is 9.08. The van der Waals surface area contributed by atoms with Crippen molar-refractivity contribution >= 4 is 15.9 Å². The molecular weight excluding hydrogens is 324 g/mol. The number of phenols is 1. The first-order chi connectivity index (χ1) is 9.91. The molecule has 0 fully saturated rings. The van der Waals surface area contributed by atoms with Crippen LogP contribution in [0.25, 0.3) is 0 Å². The summed E-state index contributed by atoms with van der Waals surface area (Å²) in [7, 11) is 0. The van der Waals surface area contributed by atoms with Crippen molar-refractivity contribution in [1.29, 1.82) is 0 Å². The van der Waals surface area contributed by atoms with Gasteiger partial charge in [0, 0.05) is 16.5 Å². The lowest BCUT2D eigenvalue weighted by Gasteiger charge is -2.21. The summed E-state index contributed by atoms with van der Waals surface area (Å²) in [4.78, 5) is 0. The lowest BCUT2D eigenvalue weighted by atomic mass is 9.85. The Bertz CT molecular complexity index is 685. The second-order valence-corrected chi connectivity index (χ2v) is 6.59. The third-order valence-corrected chi connectivity index (χ3v) is 3.92. The Morgan fingerprint density at radius 3 is 2.29 bits per heavy atom. The molecule has 0 spiro atoms. The van der Waals surface area contributed by atoms with Crippen LogP contribution in [0.4, 0.5) is 0 Å². The Kier molecular flexibility index (Phi) is 4.75. The number of aromatic hydroxyl groups is 1. The van der Waals surface area contributed by atoms with Crippen LogP contribution in [0.5, 0.6) is 5.75 Å². The maximum atomic E-state index is 10.3. The van der Waals surface area contributed by atoms with Gasteiger partial charge in [0.1, 0.15) is 5.75 Å². The fraction of sp³-hybridized carbons (Fsp3) is 0.263. The van der Waals surface area contributed by atoms with Crippen molar-refractivity contribution in [3.63, 3.8) is 0 Å². The van der Waals surface area contributed by atoms with E-state index in [0.29, 0.717) is 10.9 Å². The molecule has 0 radical (unpaired) electrons. The molecule has 0 saturated carbocycles. The zero-order valence-corrected chi connectivity index (χ0v) is 14.2. The van der Waals surface area contributed by atoms with Gasteiger partial charge in [-0.05, 0) is 29.2 Å². The smallest absolute Gasteiger partial charge is 0.135 e.